The summed E-state index contributed by atoms with van der Waals surface area (Å²) in [6.45, 7) is 3.11. The molecule has 0 spiro atoms. The lowest BCUT2D eigenvalue weighted by molar-refractivity contribution is -0.120. The van der Waals surface area contributed by atoms with Crippen LogP contribution in [0.1, 0.15) is 11.1 Å². The smallest absolute Gasteiger partial charge is 0.333 e. The Morgan fingerprint density at radius 3 is 1.95 bits per heavy atom. The van der Waals surface area contributed by atoms with E-state index in [4.69, 9.17) is 5.11 Å². The number of carbonyl (C=O) groups excluding carboxylic acids is 2. The van der Waals surface area contributed by atoms with E-state index < -0.39 is 18.5 Å². The van der Waals surface area contributed by atoms with Crippen LogP contribution in [0, 0.1) is 13.8 Å². The molecule has 0 unspecified atom stereocenters. The molecule has 2 N–H and O–H groups in total. The lowest BCUT2D eigenvalue weighted by atomic mass is 10.2. The van der Waals surface area contributed by atoms with Gasteiger partial charge in [0.25, 0.3) is 5.91 Å². The SMILES string of the molecule is Cc1ccc(NC(=O)N(C(=O)CO)c2ccc(C)cc2)cc1. The number of hydrogen-bond donors (Lipinski definition) is 2. The van der Waals surface area contributed by atoms with Gasteiger partial charge in [-0.05, 0) is 38.1 Å². The fourth-order valence-corrected chi connectivity index (χ4v) is 1.96. The number of benzene rings is 2. The molecule has 0 atom stereocenters. The van der Waals surface area contributed by atoms with E-state index >= 15 is 0 Å². The Morgan fingerprint density at radius 1 is 0.955 bits per heavy atom. The van der Waals surface area contributed by atoms with Gasteiger partial charge >= 0.3 is 6.03 Å². The maximum Gasteiger partial charge on any atom is 0.333 e. The van der Waals surface area contributed by atoms with Gasteiger partial charge < -0.3 is 10.4 Å². The summed E-state index contributed by atoms with van der Waals surface area (Å²) in [6, 6.07) is 13.5. The van der Waals surface area contributed by atoms with Gasteiger partial charge in [-0.15, -0.1) is 0 Å². The number of amides is 3. The molecule has 0 saturated carbocycles. The highest BCUT2D eigenvalue weighted by Crippen LogP contribution is 2.18. The van der Waals surface area contributed by atoms with Crippen molar-refractivity contribution < 1.29 is 14.7 Å². The van der Waals surface area contributed by atoms with Crippen LogP contribution in [0.4, 0.5) is 16.2 Å². The number of hydrogen-bond acceptors (Lipinski definition) is 3. The van der Waals surface area contributed by atoms with E-state index in [1.807, 2.05) is 26.0 Å². The van der Waals surface area contributed by atoms with Gasteiger partial charge in [0.1, 0.15) is 6.61 Å². The van der Waals surface area contributed by atoms with Crippen molar-refractivity contribution >= 4 is 23.3 Å². The molecule has 3 amide bonds. The zero-order chi connectivity index (χ0) is 16.1. The standard InChI is InChI=1S/C17H18N2O3/c1-12-3-7-14(8-4-12)18-17(22)19(16(21)11-20)15-9-5-13(2)6-10-15/h3-10,20H,11H2,1-2H3,(H,18,22). The Kier molecular flexibility index (Phi) is 4.91. The topological polar surface area (TPSA) is 69.6 Å². The molecule has 2 aromatic carbocycles. The number of imide groups is 1. The summed E-state index contributed by atoms with van der Waals surface area (Å²) in [5.74, 6) is -0.687. The lowest BCUT2D eigenvalue weighted by Gasteiger charge is -2.20. The number of aliphatic hydroxyl groups is 1. The maximum atomic E-state index is 12.4. The predicted octanol–water partition coefficient (Wildman–Crippen LogP) is 2.86. The van der Waals surface area contributed by atoms with Crippen LogP contribution in [0.2, 0.25) is 0 Å². The Morgan fingerprint density at radius 2 is 1.45 bits per heavy atom. The molecular weight excluding hydrogens is 280 g/mol. The van der Waals surface area contributed by atoms with Crippen LogP contribution in [-0.4, -0.2) is 23.7 Å². The van der Waals surface area contributed by atoms with Crippen LogP contribution in [-0.2, 0) is 4.79 Å². The van der Waals surface area contributed by atoms with Crippen LogP contribution < -0.4 is 10.2 Å². The first-order chi connectivity index (χ1) is 10.5. The normalized spacial score (nSPS) is 10.1. The molecule has 0 aliphatic rings. The van der Waals surface area contributed by atoms with Crippen molar-refractivity contribution in [3.63, 3.8) is 0 Å². The quantitative estimate of drug-likeness (QED) is 0.915. The average molecular weight is 298 g/mol. The molecule has 114 valence electrons. The first-order valence-corrected chi connectivity index (χ1v) is 6.89. The van der Waals surface area contributed by atoms with Gasteiger partial charge in [0.15, 0.2) is 0 Å². The maximum absolute atomic E-state index is 12.4. The summed E-state index contributed by atoms with van der Waals surface area (Å²) < 4.78 is 0. The molecule has 0 radical (unpaired) electrons. The second kappa shape index (κ2) is 6.87. The largest absolute Gasteiger partial charge is 0.387 e. The minimum absolute atomic E-state index is 0.411. The molecule has 0 bridgehead atoms. The highest BCUT2D eigenvalue weighted by molar-refractivity contribution is 6.18. The zero-order valence-electron chi connectivity index (χ0n) is 12.5. The van der Waals surface area contributed by atoms with Crippen molar-refractivity contribution in [2.75, 3.05) is 16.8 Å². The van der Waals surface area contributed by atoms with Gasteiger partial charge in [0.2, 0.25) is 0 Å². The molecule has 22 heavy (non-hydrogen) atoms. The van der Waals surface area contributed by atoms with E-state index in [-0.39, 0.29) is 0 Å². The third-order valence-corrected chi connectivity index (χ3v) is 3.18. The van der Waals surface area contributed by atoms with Crippen molar-refractivity contribution in [3.05, 3.63) is 59.7 Å². The van der Waals surface area contributed by atoms with Crippen LogP contribution in [0.3, 0.4) is 0 Å². The number of nitrogens with one attached hydrogen (secondary N) is 1. The molecular formula is C17H18N2O3. The minimum Gasteiger partial charge on any atom is -0.387 e. The van der Waals surface area contributed by atoms with Crippen molar-refractivity contribution in [2.45, 2.75) is 13.8 Å². The van der Waals surface area contributed by atoms with Gasteiger partial charge in [-0.25, -0.2) is 9.69 Å². The Bertz CT molecular complexity index is 663. The van der Waals surface area contributed by atoms with Crippen LogP contribution in [0.25, 0.3) is 0 Å². The number of rotatable bonds is 3. The second-order valence-electron chi connectivity index (χ2n) is 5.02. The molecule has 0 heterocycles. The van der Waals surface area contributed by atoms with Gasteiger partial charge in [-0.2, -0.15) is 0 Å². The summed E-state index contributed by atoms with van der Waals surface area (Å²) >= 11 is 0. The predicted molar refractivity (Wildman–Crippen MR) is 85.9 cm³/mol. The molecule has 0 aliphatic heterocycles. The van der Waals surface area contributed by atoms with Crippen LogP contribution in [0.15, 0.2) is 48.5 Å². The first kappa shape index (κ1) is 15.7. The van der Waals surface area contributed by atoms with Crippen LogP contribution in [0.5, 0.6) is 0 Å². The highest BCUT2D eigenvalue weighted by Gasteiger charge is 2.22. The number of carbonyl (C=O) groups is 2. The van der Waals surface area contributed by atoms with E-state index in [0.717, 1.165) is 16.0 Å². The fourth-order valence-electron chi connectivity index (χ4n) is 1.96. The first-order valence-electron chi connectivity index (χ1n) is 6.89. The molecule has 2 aromatic rings. The number of nitrogens with zero attached hydrogens (tertiary/aromatic N) is 1. The molecule has 0 saturated heterocycles. The third kappa shape index (κ3) is 3.71. The van der Waals surface area contributed by atoms with Gasteiger partial charge in [0, 0.05) is 5.69 Å². The van der Waals surface area contributed by atoms with Crippen molar-refractivity contribution in [1.82, 2.24) is 0 Å². The van der Waals surface area contributed by atoms with Crippen molar-refractivity contribution in [3.8, 4) is 0 Å². The van der Waals surface area contributed by atoms with E-state index in [9.17, 15) is 9.59 Å². The van der Waals surface area contributed by atoms with Gasteiger partial charge in [-0.1, -0.05) is 35.4 Å². The second-order valence-corrected chi connectivity index (χ2v) is 5.02. The Hall–Kier alpha value is -2.66. The average Bonchev–Trinajstić information content (AvgIpc) is 2.51. The third-order valence-electron chi connectivity index (χ3n) is 3.18. The van der Waals surface area contributed by atoms with E-state index in [1.54, 1.807) is 36.4 Å². The van der Waals surface area contributed by atoms with E-state index in [0.29, 0.717) is 11.4 Å². The van der Waals surface area contributed by atoms with Crippen molar-refractivity contribution in [2.24, 2.45) is 0 Å². The summed E-state index contributed by atoms with van der Waals surface area (Å²) in [7, 11) is 0. The molecule has 0 fully saturated rings. The lowest BCUT2D eigenvalue weighted by Crippen LogP contribution is -2.41. The fraction of sp³-hybridized carbons (Fsp3) is 0.176. The molecule has 5 nitrogen and oxygen atoms in total. The van der Waals surface area contributed by atoms with Gasteiger partial charge in [0.05, 0.1) is 5.69 Å². The molecule has 5 heteroatoms. The molecule has 0 aromatic heterocycles. The Balaban J connectivity index is 2.25. The summed E-state index contributed by atoms with van der Waals surface area (Å²) in [5.41, 5.74) is 3.08. The number of urea groups is 1. The van der Waals surface area contributed by atoms with E-state index in [2.05, 4.69) is 5.32 Å². The highest BCUT2D eigenvalue weighted by atomic mass is 16.3. The van der Waals surface area contributed by atoms with Gasteiger partial charge in [-0.3, -0.25) is 4.79 Å². The summed E-state index contributed by atoms with van der Waals surface area (Å²) in [5, 5.41) is 11.8. The van der Waals surface area contributed by atoms with Crippen LogP contribution >= 0.6 is 0 Å². The number of anilines is 2. The zero-order valence-corrected chi connectivity index (χ0v) is 12.5. The Labute approximate surface area is 129 Å². The van der Waals surface area contributed by atoms with Crippen molar-refractivity contribution in [1.29, 1.82) is 0 Å². The monoisotopic (exact) mass is 298 g/mol. The minimum atomic E-state index is -0.741. The van der Waals surface area contributed by atoms with E-state index in [1.165, 1.54) is 0 Å². The molecule has 0 aliphatic carbocycles. The number of aliphatic hydroxyl groups excluding tert-OH is 1. The number of aryl methyl sites for hydroxylation is 2. The summed E-state index contributed by atoms with van der Waals surface area (Å²) in [4.78, 5) is 25.2. The molecule has 2 rings (SSSR count). The summed E-state index contributed by atoms with van der Waals surface area (Å²) in [6.07, 6.45) is 0.